The Morgan fingerprint density at radius 1 is 1.38 bits per heavy atom. The van der Waals surface area contributed by atoms with Gasteiger partial charge in [-0.05, 0) is 45.4 Å². The van der Waals surface area contributed by atoms with E-state index in [1.807, 2.05) is 19.1 Å². The lowest BCUT2D eigenvalue weighted by Gasteiger charge is -2.20. The number of rotatable bonds is 3. The van der Waals surface area contributed by atoms with E-state index in [1.165, 1.54) is 11.6 Å². The van der Waals surface area contributed by atoms with Crippen molar-refractivity contribution in [1.82, 2.24) is 5.32 Å². The monoisotopic (exact) mass is 221 g/mol. The molecular formula is C14H20FN. The first kappa shape index (κ1) is 12.9. The molecule has 0 atom stereocenters. The van der Waals surface area contributed by atoms with Crippen LogP contribution in [0.5, 0.6) is 0 Å². The zero-order valence-corrected chi connectivity index (χ0v) is 10.5. The summed E-state index contributed by atoms with van der Waals surface area (Å²) in [7, 11) is 0. The van der Waals surface area contributed by atoms with E-state index in [4.69, 9.17) is 0 Å². The molecule has 0 radical (unpaired) electrons. The lowest BCUT2D eigenvalue weighted by molar-refractivity contribution is 0.445. The molecule has 0 fully saturated rings. The molecule has 1 N–H and O–H groups in total. The van der Waals surface area contributed by atoms with Gasteiger partial charge in [-0.2, -0.15) is 0 Å². The van der Waals surface area contributed by atoms with Gasteiger partial charge in [-0.3, -0.25) is 0 Å². The Morgan fingerprint density at radius 3 is 2.62 bits per heavy atom. The third-order valence-corrected chi connectivity index (χ3v) is 2.16. The molecule has 0 saturated heterocycles. The molecule has 0 aromatic heterocycles. The van der Waals surface area contributed by atoms with Crippen molar-refractivity contribution in [2.75, 3.05) is 6.54 Å². The van der Waals surface area contributed by atoms with E-state index in [9.17, 15) is 4.39 Å². The van der Waals surface area contributed by atoms with Crippen molar-refractivity contribution in [1.29, 1.82) is 0 Å². The second-order valence-electron chi connectivity index (χ2n) is 5.15. The Labute approximate surface area is 97.4 Å². The minimum Gasteiger partial charge on any atom is -0.308 e. The van der Waals surface area contributed by atoms with Crippen LogP contribution >= 0.6 is 0 Å². The van der Waals surface area contributed by atoms with Gasteiger partial charge in [0.2, 0.25) is 0 Å². The van der Waals surface area contributed by atoms with Gasteiger partial charge in [-0.25, -0.2) is 4.39 Å². The summed E-state index contributed by atoms with van der Waals surface area (Å²) in [5.41, 5.74) is 2.21. The maximum Gasteiger partial charge on any atom is 0.123 e. The lowest BCUT2D eigenvalue weighted by Crippen LogP contribution is -2.36. The molecule has 16 heavy (non-hydrogen) atoms. The SMILES string of the molecule is CC(=Cc1cccc(F)c1)CNC(C)(C)C. The van der Waals surface area contributed by atoms with Gasteiger partial charge >= 0.3 is 0 Å². The fourth-order valence-corrected chi connectivity index (χ4v) is 1.34. The minimum absolute atomic E-state index is 0.108. The maximum atomic E-state index is 12.9. The average molecular weight is 221 g/mol. The van der Waals surface area contributed by atoms with Crippen LogP contribution in [0.25, 0.3) is 6.08 Å². The van der Waals surface area contributed by atoms with Crippen LogP contribution < -0.4 is 5.32 Å². The number of halogens is 1. The summed E-state index contributed by atoms with van der Waals surface area (Å²) in [6, 6.07) is 6.63. The van der Waals surface area contributed by atoms with Crippen LogP contribution in [0.1, 0.15) is 33.3 Å². The number of hydrogen-bond acceptors (Lipinski definition) is 1. The average Bonchev–Trinajstić information content (AvgIpc) is 2.14. The summed E-state index contributed by atoms with van der Waals surface area (Å²) in [5.74, 6) is -0.190. The van der Waals surface area contributed by atoms with Crippen molar-refractivity contribution >= 4 is 6.08 Å². The molecule has 0 aliphatic rings. The zero-order chi connectivity index (χ0) is 12.2. The normalized spacial score (nSPS) is 12.9. The minimum atomic E-state index is -0.190. The molecule has 0 amide bonds. The lowest BCUT2D eigenvalue weighted by atomic mass is 10.1. The van der Waals surface area contributed by atoms with Crippen molar-refractivity contribution < 1.29 is 4.39 Å². The molecule has 1 nitrogen and oxygen atoms in total. The van der Waals surface area contributed by atoms with Gasteiger partial charge in [0, 0.05) is 12.1 Å². The Balaban J connectivity index is 2.63. The highest BCUT2D eigenvalue weighted by atomic mass is 19.1. The molecule has 0 bridgehead atoms. The van der Waals surface area contributed by atoms with Gasteiger partial charge in [0.15, 0.2) is 0 Å². The fraction of sp³-hybridized carbons (Fsp3) is 0.429. The topological polar surface area (TPSA) is 12.0 Å². The number of benzene rings is 1. The molecule has 0 aliphatic carbocycles. The van der Waals surface area contributed by atoms with E-state index in [2.05, 4.69) is 26.1 Å². The molecular weight excluding hydrogens is 201 g/mol. The molecule has 0 heterocycles. The van der Waals surface area contributed by atoms with Gasteiger partial charge in [0.25, 0.3) is 0 Å². The van der Waals surface area contributed by atoms with E-state index in [1.54, 1.807) is 12.1 Å². The van der Waals surface area contributed by atoms with Crippen LogP contribution in [0.3, 0.4) is 0 Å². The highest BCUT2D eigenvalue weighted by Crippen LogP contribution is 2.09. The quantitative estimate of drug-likeness (QED) is 0.822. The molecule has 1 rings (SSSR count). The molecule has 0 aliphatic heterocycles. The maximum absolute atomic E-state index is 12.9. The van der Waals surface area contributed by atoms with Crippen LogP contribution in [0.15, 0.2) is 29.8 Å². The summed E-state index contributed by atoms with van der Waals surface area (Å²) >= 11 is 0. The fourth-order valence-electron chi connectivity index (χ4n) is 1.34. The Kier molecular flexibility index (Phi) is 4.25. The smallest absolute Gasteiger partial charge is 0.123 e. The number of hydrogen-bond donors (Lipinski definition) is 1. The summed E-state index contributed by atoms with van der Waals surface area (Å²) in [6.45, 7) is 9.25. The Hall–Kier alpha value is -1.15. The van der Waals surface area contributed by atoms with Crippen molar-refractivity contribution in [3.8, 4) is 0 Å². The Bertz CT molecular complexity index is 375. The molecule has 0 spiro atoms. The first-order chi connectivity index (χ1) is 7.37. The van der Waals surface area contributed by atoms with Gasteiger partial charge in [-0.1, -0.05) is 23.8 Å². The van der Waals surface area contributed by atoms with E-state index in [0.29, 0.717) is 0 Å². The predicted molar refractivity (Wildman–Crippen MR) is 67.8 cm³/mol. The highest BCUT2D eigenvalue weighted by molar-refractivity contribution is 5.52. The van der Waals surface area contributed by atoms with E-state index >= 15 is 0 Å². The third-order valence-electron chi connectivity index (χ3n) is 2.16. The third kappa shape index (κ3) is 5.08. The van der Waals surface area contributed by atoms with Crippen LogP contribution in [-0.4, -0.2) is 12.1 Å². The summed E-state index contributed by atoms with van der Waals surface area (Å²) < 4.78 is 12.9. The molecule has 88 valence electrons. The molecule has 2 heteroatoms. The van der Waals surface area contributed by atoms with Gasteiger partial charge < -0.3 is 5.32 Å². The van der Waals surface area contributed by atoms with Gasteiger partial charge in [-0.15, -0.1) is 0 Å². The van der Waals surface area contributed by atoms with Crippen molar-refractivity contribution in [3.63, 3.8) is 0 Å². The van der Waals surface area contributed by atoms with Crippen molar-refractivity contribution in [3.05, 3.63) is 41.2 Å². The Morgan fingerprint density at radius 2 is 2.06 bits per heavy atom. The second-order valence-corrected chi connectivity index (χ2v) is 5.15. The summed E-state index contributed by atoms with van der Waals surface area (Å²) in [4.78, 5) is 0. The largest absolute Gasteiger partial charge is 0.308 e. The van der Waals surface area contributed by atoms with Crippen molar-refractivity contribution in [2.24, 2.45) is 0 Å². The standard InChI is InChI=1S/C14H20FN/c1-11(10-16-14(2,3)4)8-12-6-5-7-13(15)9-12/h5-9,16H,10H2,1-4H3. The molecule has 0 saturated carbocycles. The van der Waals surface area contributed by atoms with E-state index in [0.717, 1.165) is 12.1 Å². The van der Waals surface area contributed by atoms with Crippen molar-refractivity contribution in [2.45, 2.75) is 33.2 Å². The van der Waals surface area contributed by atoms with Crippen LogP contribution in [0, 0.1) is 5.82 Å². The van der Waals surface area contributed by atoms with Crippen LogP contribution in [0.4, 0.5) is 4.39 Å². The molecule has 1 aromatic rings. The van der Waals surface area contributed by atoms with Gasteiger partial charge in [0.1, 0.15) is 5.82 Å². The predicted octanol–water partition coefficient (Wildman–Crippen LogP) is 3.62. The number of nitrogens with one attached hydrogen (secondary N) is 1. The highest BCUT2D eigenvalue weighted by Gasteiger charge is 2.07. The first-order valence-corrected chi connectivity index (χ1v) is 5.54. The molecule has 1 aromatic carbocycles. The molecule has 0 unspecified atom stereocenters. The van der Waals surface area contributed by atoms with Crippen LogP contribution in [0.2, 0.25) is 0 Å². The van der Waals surface area contributed by atoms with E-state index < -0.39 is 0 Å². The van der Waals surface area contributed by atoms with Crippen LogP contribution in [-0.2, 0) is 0 Å². The summed E-state index contributed by atoms with van der Waals surface area (Å²) in [5, 5.41) is 3.39. The van der Waals surface area contributed by atoms with Gasteiger partial charge in [0.05, 0.1) is 0 Å². The first-order valence-electron chi connectivity index (χ1n) is 5.54. The second kappa shape index (κ2) is 5.26. The summed E-state index contributed by atoms with van der Waals surface area (Å²) in [6.07, 6.45) is 2.00. The zero-order valence-electron chi connectivity index (χ0n) is 10.5. The van der Waals surface area contributed by atoms with E-state index in [-0.39, 0.29) is 11.4 Å².